The van der Waals surface area contributed by atoms with Crippen molar-refractivity contribution in [3.63, 3.8) is 0 Å². The number of halogens is 6. The van der Waals surface area contributed by atoms with E-state index in [9.17, 15) is 18.0 Å². The second-order valence-electron chi connectivity index (χ2n) is 7.68. The number of rotatable bonds is 5. The number of alkyl halides is 3. The van der Waals surface area contributed by atoms with Crippen molar-refractivity contribution < 1.29 is 22.4 Å². The smallest absolute Gasteiger partial charge is 0.413 e. The lowest BCUT2D eigenvalue weighted by molar-refractivity contribution is -0.143. The van der Waals surface area contributed by atoms with Gasteiger partial charge in [0.15, 0.2) is 0 Å². The summed E-state index contributed by atoms with van der Waals surface area (Å²) < 4.78 is 50.0. The third-order valence-corrected chi connectivity index (χ3v) is 6.23. The van der Waals surface area contributed by atoms with Crippen LogP contribution < -0.4 is 0 Å². The number of pyridine rings is 1. The Kier molecular flexibility index (Phi) is 6.23. The summed E-state index contributed by atoms with van der Waals surface area (Å²) in [7, 11) is 0. The van der Waals surface area contributed by atoms with Gasteiger partial charge in [-0.1, -0.05) is 40.9 Å². The quantitative estimate of drug-likeness (QED) is 0.214. The van der Waals surface area contributed by atoms with Crippen LogP contribution in [0.5, 0.6) is 0 Å². The molecule has 0 saturated heterocycles. The highest BCUT2D eigenvalue weighted by Crippen LogP contribution is 2.41. The number of carbonyl (C=O) groups is 1. The van der Waals surface area contributed by atoms with Crippen molar-refractivity contribution in [1.82, 2.24) is 19.7 Å². The van der Waals surface area contributed by atoms with E-state index >= 15 is 0 Å². The van der Waals surface area contributed by atoms with Crippen molar-refractivity contribution in [1.29, 1.82) is 0 Å². The number of fused-ring (bicyclic) bond motifs is 1. The van der Waals surface area contributed by atoms with Crippen LogP contribution in [-0.4, -0.2) is 25.5 Å². The Morgan fingerprint density at radius 1 is 0.944 bits per heavy atom. The van der Waals surface area contributed by atoms with Crippen LogP contribution in [0.25, 0.3) is 22.4 Å². The number of nitrogens with zero attached hydrogens (tertiary/aromatic N) is 4. The van der Waals surface area contributed by atoms with Crippen molar-refractivity contribution in [2.24, 2.45) is 0 Å². The molecule has 182 valence electrons. The van der Waals surface area contributed by atoms with Gasteiger partial charge in [0.2, 0.25) is 5.89 Å². The molecular formula is C24H12Cl3F3N4O2. The summed E-state index contributed by atoms with van der Waals surface area (Å²) in [6.07, 6.45) is -1.98. The predicted octanol–water partition coefficient (Wildman–Crippen LogP) is 7.34. The van der Waals surface area contributed by atoms with E-state index < -0.39 is 29.1 Å². The van der Waals surface area contributed by atoms with Gasteiger partial charge in [-0.25, -0.2) is 0 Å². The Morgan fingerprint density at radius 2 is 1.64 bits per heavy atom. The van der Waals surface area contributed by atoms with Gasteiger partial charge in [-0.2, -0.15) is 13.2 Å². The molecule has 6 nitrogen and oxygen atoms in total. The highest BCUT2D eigenvalue weighted by Gasteiger charge is 2.42. The molecule has 0 spiro atoms. The van der Waals surface area contributed by atoms with Gasteiger partial charge in [0.05, 0.1) is 5.56 Å². The predicted molar refractivity (Wildman–Crippen MR) is 128 cm³/mol. The second kappa shape index (κ2) is 9.24. The van der Waals surface area contributed by atoms with Gasteiger partial charge in [0.25, 0.3) is 11.7 Å². The molecule has 5 aromatic rings. The summed E-state index contributed by atoms with van der Waals surface area (Å²) in [5.74, 6) is -1.73. The summed E-state index contributed by atoms with van der Waals surface area (Å²) in [4.78, 5) is 17.3. The minimum Gasteiger partial charge on any atom is -0.413 e. The van der Waals surface area contributed by atoms with Crippen molar-refractivity contribution in [2.75, 3.05) is 0 Å². The van der Waals surface area contributed by atoms with E-state index in [1.165, 1.54) is 48.8 Å². The lowest BCUT2D eigenvalue weighted by Crippen LogP contribution is -2.19. The van der Waals surface area contributed by atoms with Crippen molar-refractivity contribution in [3.05, 3.63) is 98.7 Å². The highest BCUT2D eigenvalue weighted by molar-refractivity contribution is 6.35. The first-order valence-corrected chi connectivity index (χ1v) is 11.4. The number of ketones is 1. The van der Waals surface area contributed by atoms with Gasteiger partial charge in [-0.15, -0.1) is 10.2 Å². The molecule has 12 heteroatoms. The Bertz CT molecular complexity index is 1610. The van der Waals surface area contributed by atoms with Crippen LogP contribution in [-0.2, 0) is 12.7 Å². The molecule has 36 heavy (non-hydrogen) atoms. The monoisotopic (exact) mass is 550 g/mol. The average Bonchev–Trinajstić information content (AvgIpc) is 3.44. The summed E-state index contributed by atoms with van der Waals surface area (Å²) in [6.45, 7) is -0.289. The Morgan fingerprint density at radius 3 is 2.33 bits per heavy atom. The number of benzene rings is 2. The van der Waals surface area contributed by atoms with E-state index in [4.69, 9.17) is 39.2 Å². The number of hydrogen-bond donors (Lipinski definition) is 0. The van der Waals surface area contributed by atoms with Crippen LogP contribution >= 0.6 is 34.8 Å². The van der Waals surface area contributed by atoms with Crippen LogP contribution in [0.1, 0.15) is 27.5 Å². The van der Waals surface area contributed by atoms with E-state index in [-0.39, 0.29) is 33.4 Å². The van der Waals surface area contributed by atoms with E-state index in [1.54, 1.807) is 12.1 Å². The zero-order valence-corrected chi connectivity index (χ0v) is 20.1. The summed E-state index contributed by atoms with van der Waals surface area (Å²) in [6, 6.07) is 11.7. The molecule has 0 radical (unpaired) electrons. The molecule has 2 aromatic carbocycles. The van der Waals surface area contributed by atoms with Gasteiger partial charge >= 0.3 is 6.18 Å². The molecule has 0 amide bonds. The zero-order valence-electron chi connectivity index (χ0n) is 17.9. The number of aromatic nitrogens is 4. The maximum Gasteiger partial charge on any atom is 0.432 e. The van der Waals surface area contributed by atoms with Crippen LogP contribution in [0.2, 0.25) is 15.1 Å². The highest BCUT2D eigenvalue weighted by atomic mass is 35.5. The maximum absolute atomic E-state index is 14.5. The van der Waals surface area contributed by atoms with Gasteiger partial charge in [0.1, 0.15) is 5.69 Å². The third kappa shape index (κ3) is 4.45. The summed E-state index contributed by atoms with van der Waals surface area (Å²) in [5, 5.41) is 8.16. The molecule has 0 bridgehead atoms. The normalized spacial score (nSPS) is 11.8. The van der Waals surface area contributed by atoms with E-state index in [1.807, 2.05) is 0 Å². The molecule has 0 unspecified atom stereocenters. The second-order valence-corrected chi connectivity index (χ2v) is 8.96. The fraction of sp³-hybridized carbons (Fsp3) is 0.0833. The molecule has 0 N–H and O–H groups in total. The van der Waals surface area contributed by atoms with Crippen LogP contribution in [0.4, 0.5) is 13.2 Å². The minimum atomic E-state index is -4.93. The van der Waals surface area contributed by atoms with Gasteiger partial charge < -0.3 is 8.98 Å². The third-order valence-electron chi connectivity index (χ3n) is 5.41. The first-order chi connectivity index (χ1) is 17.1. The van der Waals surface area contributed by atoms with E-state index in [0.717, 1.165) is 4.57 Å². The topological polar surface area (TPSA) is 73.8 Å². The molecule has 0 atom stereocenters. The Balaban J connectivity index is 1.71. The lowest BCUT2D eigenvalue weighted by Gasteiger charge is -2.15. The molecule has 5 rings (SSSR count). The molecule has 0 aliphatic rings. The average molecular weight is 552 g/mol. The standard InChI is InChI=1S/C24H12Cl3F3N4O2/c25-14-3-4-18-16(9-14)19(20(35)23-33-32-22(36-23)12-5-7-31-8-6-12)21(24(28,29)30)34(18)11-13-1-2-15(26)10-17(13)27/h1-10H,11H2. The van der Waals surface area contributed by atoms with Crippen molar-refractivity contribution in [3.8, 4) is 11.5 Å². The summed E-state index contributed by atoms with van der Waals surface area (Å²) >= 11 is 18.3. The molecule has 3 aromatic heterocycles. The van der Waals surface area contributed by atoms with E-state index in [0.29, 0.717) is 16.1 Å². The number of carbonyl (C=O) groups excluding carboxylic acids is 1. The zero-order chi connectivity index (χ0) is 25.6. The SMILES string of the molecule is O=C(c1nnc(-c2ccncc2)o1)c1c(C(F)(F)F)n(Cc2ccc(Cl)cc2Cl)c2ccc(Cl)cc12. The fourth-order valence-corrected chi connectivity index (χ4v) is 4.51. The van der Waals surface area contributed by atoms with Crippen LogP contribution in [0, 0.1) is 0 Å². The molecule has 0 saturated carbocycles. The Hall–Kier alpha value is -3.40. The van der Waals surface area contributed by atoms with Crippen LogP contribution in [0.15, 0.2) is 65.3 Å². The van der Waals surface area contributed by atoms with Crippen molar-refractivity contribution in [2.45, 2.75) is 12.7 Å². The van der Waals surface area contributed by atoms with Gasteiger partial charge in [-0.3, -0.25) is 9.78 Å². The van der Waals surface area contributed by atoms with Gasteiger partial charge in [0, 0.05) is 50.5 Å². The fourth-order valence-electron chi connectivity index (χ4n) is 3.87. The molecule has 0 aliphatic carbocycles. The molecule has 0 fully saturated rings. The molecular weight excluding hydrogens is 540 g/mol. The number of hydrogen-bond acceptors (Lipinski definition) is 5. The molecule has 3 heterocycles. The summed E-state index contributed by atoms with van der Waals surface area (Å²) in [5.41, 5.74) is -0.907. The minimum absolute atomic E-state index is 0.0198. The first-order valence-electron chi connectivity index (χ1n) is 10.2. The first kappa shape index (κ1) is 24.3. The maximum atomic E-state index is 14.5. The Labute approximate surface area is 216 Å². The van der Waals surface area contributed by atoms with E-state index in [2.05, 4.69) is 15.2 Å². The van der Waals surface area contributed by atoms with Crippen molar-refractivity contribution >= 4 is 51.5 Å². The van der Waals surface area contributed by atoms with Crippen LogP contribution in [0.3, 0.4) is 0 Å². The molecule has 0 aliphatic heterocycles. The van der Waals surface area contributed by atoms with Gasteiger partial charge in [-0.05, 0) is 48.0 Å². The largest absolute Gasteiger partial charge is 0.432 e. The lowest BCUT2D eigenvalue weighted by atomic mass is 10.1.